The second-order valence-corrected chi connectivity index (χ2v) is 3.80. The van der Waals surface area contributed by atoms with Crippen molar-refractivity contribution in [3.63, 3.8) is 0 Å². The number of likely N-dealkylation sites (tertiary alicyclic amines) is 1. The first-order chi connectivity index (χ1) is 4.74. The standard InChI is InChI=1S/C7H14N2S/c1-9-4-3-6(8)7(5-9)10-2/h7-8H,3-5H2,1-2H3. The van der Waals surface area contributed by atoms with Crippen LogP contribution in [0.1, 0.15) is 6.42 Å². The highest BCUT2D eigenvalue weighted by molar-refractivity contribution is 8.00. The van der Waals surface area contributed by atoms with Gasteiger partial charge in [0.05, 0.1) is 5.25 Å². The van der Waals surface area contributed by atoms with Gasteiger partial charge >= 0.3 is 0 Å². The highest BCUT2D eigenvalue weighted by Gasteiger charge is 2.20. The van der Waals surface area contributed by atoms with Crippen LogP contribution in [0.3, 0.4) is 0 Å². The number of nitrogens with zero attached hydrogens (tertiary/aromatic N) is 1. The first-order valence-electron chi connectivity index (χ1n) is 3.52. The van der Waals surface area contributed by atoms with Gasteiger partial charge in [0.2, 0.25) is 0 Å². The Morgan fingerprint density at radius 3 is 2.90 bits per heavy atom. The van der Waals surface area contributed by atoms with E-state index in [1.807, 2.05) is 0 Å². The molecule has 1 aliphatic heterocycles. The zero-order valence-electron chi connectivity index (χ0n) is 6.55. The van der Waals surface area contributed by atoms with E-state index in [0.29, 0.717) is 5.25 Å². The van der Waals surface area contributed by atoms with Gasteiger partial charge in [-0.2, -0.15) is 11.8 Å². The summed E-state index contributed by atoms with van der Waals surface area (Å²) in [6.07, 6.45) is 3.04. The predicted octanol–water partition coefficient (Wildman–Crippen LogP) is 1.07. The van der Waals surface area contributed by atoms with Crippen molar-refractivity contribution < 1.29 is 0 Å². The van der Waals surface area contributed by atoms with Crippen LogP contribution >= 0.6 is 11.8 Å². The molecule has 1 fully saturated rings. The van der Waals surface area contributed by atoms with Crippen molar-refractivity contribution in [2.45, 2.75) is 11.7 Å². The number of hydrogen-bond acceptors (Lipinski definition) is 3. The van der Waals surface area contributed by atoms with Crippen molar-refractivity contribution in [3.05, 3.63) is 0 Å². The van der Waals surface area contributed by atoms with E-state index in [1.165, 1.54) is 0 Å². The van der Waals surface area contributed by atoms with Gasteiger partial charge in [-0.1, -0.05) is 0 Å². The summed E-state index contributed by atoms with van der Waals surface area (Å²) in [6.45, 7) is 2.12. The molecule has 1 aliphatic rings. The van der Waals surface area contributed by atoms with E-state index in [1.54, 1.807) is 11.8 Å². The number of nitrogens with one attached hydrogen (secondary N) is 1. The van der Waals surface area contributed by atoms with Crippen LogP contribution in [0.5, 0.6) is 0 Å². The molecule has 1 saturated heterocycles. The van der Waals surface area contributed by atoms with E-state index in [0.717, 1.165) is 25.2 Å². The molecule has 1 atom stereocenters. The summed E-state index contributed by atoms with van der Waals surface area (Å²) in [7, 11) is 2.12. The summed E-state index contributed by atoms with van der Waals surface area (Å²) in [4.78, 5) is 2.29. The monoisotopic (exact) mass is 158 g/mol. The van der Waals surface area contributed by atoms with Gasteiger partial charge < -0.3 is 10.3 Å². The van der Waals surface area contributed by atoms with Crippen molar-refractivity contribution in [3.8, 4) is 0 Å². The second-order valence-electron chi connectivity index (χ2n) is 2.76. The average molecular weight is 158 g/mol. The maximum absolute atomic E-state index is 7.59. The average Bonchev–Trinajstić information content (AvgIpc) is 1.94. The zero-order chi connectivity index (χ0) is 7.56. The fourth-order valence-electron chi connectivity index (χ4n) is 1.17. The first-order valence-corrected chi connectivity index (χ1v) is 4.81. The summed E-state index contributed by atoms with van der Waals surface area (Å²) >= 11 is 1.79. The summed E-state index contributed by atoms with van der Waals surface area (Å²) in [5, 5.41) is 8.05. The molecular weight excluding hydrogens is 144 g/mol. The normalized spacial score (nSPS) is 29.0. The SMILES string of the molecule is CSC1CN(C)CCC1=N. The van der Waals surface area contributed by atoms with Gasteiger partial charge in [-0.3, -0.25) is 0 Å². The minimum absolute atomic E-state index is 0.457. The minimum Gasteiger partial charge on any atom is -0.308 e. The number of rotatable bonds is 1. The molecule has 0 amide bonds. The first kappa shape index (κ1) is 8.08. The molecule has 0 aliphatic carbocycles. The number of hydrogen-bond donors (Lipinski definition) is 1. The van der Waals surface area contributed by atoms with E-state index >= 15 is 0 Å². The number of thioether (sulfide) groups is 1. The zero-order valence-corrected chi connectivity index (χ0v) is 7.37. The molecule has 1 heterocycles. The van der Waals surface area contributed by atoms with E-state index in [-0.39, 0.29) is 0 Å². The van der Waals surface area contributed by atoms with Gasteiger partial charge in [-0.15, -0.1) is 0 Å². The lowest BCUT2D eigenvalue weighted by molar-refractivity contribution is 0.339. The third-order valence-electron chi connectivity index (χ3n) is 1.91. The Bertz CT molecular complexity index is 136. The van der Waals surface area contributed by atoms with Gasteiger partial charge in [-0.05, 0) is 19.7 Å². The molecular formula is C7H14N2S. The Balaban J connectivity index is 2.45. The van der Waals surface area contributed by atoms with Gasteiger partial charge in [0, 0.05) is 18.8 Å². The molecule has 0 aromatic rings. The molecule has 0 aromatic carbocycles. The second kappa shape index (κ2) is 3.39. The topological polar surface area (TPSA) is 27.1 Å². The van der Waals surface area contributed by atoms with Crippen molar-refractivity contribution in [1.82, 2.24) is 4.90 Å². The van der Waals surface area contributed by atoms with E-state index in [4.69, 9.17) is 5.41 Å². The Kier molecular flexibility index (Phi) is 2.74. The molecule has 1 unspecified atom stereocenters. The van der Waals surface area contributed by atoms with Crippen molar-refractivity contribution in [1.29, 1.82) is 5.41 Å². The summed E-state index contributed by atoms with van der Waals surface area (Å²) in [5.41, 5.74) is 0.922. The van der Waals surface area contributed by atoms with E-state index < -0.39 is 0 Å². The Morgan fingerprint density at radius 1 is 1.70 bits per heavy atom. The molecule has 0 saturated carbocycles. The molecule has 0 aromatic heterocycles. The Morgan fingerprint density at radius 2 is 2.40 bits per heavy atom. The molecule has 0 spiro atoms. The lowest BCUT2D eigenvalue weighted by atomic mass is 10.1. The van der Waals surface area contributed by atoms with Gasteiger partial charge in [0.15, 0.2) is 0 Å². The third-order valence-corrected chi connectivity index (χ3v) is 2.92. The molecule has 1 rings (SSSR count). The maximum atomic E-state index is 7.59. The van der Waals surface area contributed by atoms with Crippen molar-refractivity contribution in [2.75, 3.05) is 26.4 Å². The molecule has 0 bridgehead atoms. The van der Waals surface area contributed by atoms with Crippen LogP contribution in [-0.2, 0) is 0 Å². The van der Waals surface area contributed by atoms with Crippen LogP contribution < -0.4 is 0 Å². The highest BCUT2D eigenvalue weighted by atomic mass is 32.2. The summed E-state index contributed by atoms with van der Waals surface area (Å²) in [5.74, 6) is 0. The molecule has 10 heavy (non-hydrogen) atoms. The van der Waals surface area contributed by atoms with Crippen LogP contribution in [0.4, 0.5) is 0 Å². The fourth-order valence-corrected chi connectivity index (χ4v) is 1.98. The van der Waals surface area contributed by atoms with Crippen LogP contribution in [0.25, 0.3) is 0 Å². The van der Waals surface area contributed by atoms with Crippen molar-refractivity contribution in [2.24, 2.45) is 0 Å². The van der Waals surface area contributed by atoms with Crippen molar-refractivity contribution >= 4 is 17.5 Å². The molecule has 1 N–H and O–H groups in total. The summed E-state index contributed by atoms with van der Waals surface area (Å²) < 4.78 is 0. The fraction of sp³-hybridized carbons (Fsp3) is 0.857. The van der Waals surface area contributed by atoms with Crippen LogP contribution in [0.2, 0.25) is 0 Å². The third kappa shape index (κ3) is 1.73. The highest BCUT2D eigenvalue weighted by Crippen LogP contribution is 2.15. The minimum atomic E-state index is 0.457. The van der Waals surface area contributed by atoms with E-state index in [2.05, 4.69) is 18.2 Å². The largest absolute Gasteiger partial charge is 0.308 e. The Labute approximate surface area is 66.5 Å². The van der Waals surface area contributed by atoms with Gasteiger partial charge in [0.1, 0.15) is 0 Å². The number of piperidine rings is 1. The molecule has 3 heteroatoms. The Hall–Kier alpha value is -0.0200. The lowest BCUT2D eigenvalue weighted by Gasteiger charge is -2.29. The molecule has 58 valence electrons. The lowest BCUT2D eigenvalue weighted by Crippen LogP contribution is -2.39. The summed E-state index contributed by atoms with van der Waals surface area (Å²) in [6, 6.07) is 0. The van der Waals surface area contributed by atoms with Crippen LogP contribution in [-0.4, -0.2) is 42.3 Å². The molecule has 0 radical (unpaired) electrons. The quantitative estimate of drug-likeness (QED) is 0.618. The smallest absolute Gasteiger partial charge is 0.0548 e. The maximum Gasteiger partial charge on any atom is 0.0548 e. The van der Waals surface area contributed by atoms with E-state index in [9.17, 15) is 0 Å². The molecule has 2 nitrogen and oxygen atoms in total. The van der Waals surface area contributed by atoms with Gasteiger partial charge in [-0.25, -0.2) is 0 Å². The van der Waals surface area contributed by atoms with Gasteiger partial charge in [0.25, 0.3) is 0 Å². The van der Waals surface area contributed by atoms with Crippen LogP contribution in [0, 0.1) is 5.41 Å². The van der Waals surface area contributed by atoms with Crippen LogP contribution in [0.15, 0.2) is 0 Å². The predicted molar refractivity (Wildman–Crippen MR) is 47.1 cm³/mol.